The number of nitrogens with zero attached hydrogens (tertiary/aromatic N) is 4. The molecule has 1 unspecified atom stereocenters. The molecule has 0 aliphatic carbocycles. The van der Waals surface area contributed by atoms with Gasteiger partial charge in [0.25, 0.3) is 0 Å². The van der Waals surface area contributed by atoms with Gasteiger partial charge >= 0.3 is 0 Å². The first-order valence-electron chi connectivity index (χ1n) is 8.48. The molecule has 7 nitrogen and oxygen atoms in total. The largest absolute Gasteiger partial charge is 0.382 e. The average Bonchev–Trinajstić information content (AvgIpc) is 3.24. The van der Waals surface area contributed by atoms with E-state index in [9.17, 15) is 5.11 Å². The van der Waals surface area contributed by atoms with Crippen molar-refractivity contribution in [2.75, 3.05) is 7.11 Å². The molecule has 0 spiro atoms. The van der Waals surface area contributed by atoms with Crippen LogP contribution in [0.25, 0.3) is 0 Å². The van der Waals surface area contributed by atoms with Crippen LogP contribution in [0.4, 0.5) is 0 Å². The van der Waals surface area contributed by atoms with Crippen molar-refractivity contribution in [1.29, 1.82) is 0 Å². The number of aliphatic hydroxyl groups is 1. The number of aromatic nitrogens is 4. The Kier molecular flexibility index (Phi) is 5.20. The van der Waals surface area contributed by atoms with E-state index in [1.807, 2.05) is 24.3 Å². The maximum atomic E-state index is 10.6. The first-order chi connectivity index (χ1) is 12.4. The molecule has 0 aliphatic rings. The molecule has 2 heterocycles. The van der Waals surface area contributed by atoms with Gasteiger partial charge in [0, 0.05) is 12.7 Å². The summed E-state index contributed by atoms with van der Waals surface area (Å²) in [5.74, 6) is 0. The highest BCUT2D eigenvalue weighted by Crippen LogP contribution is 2.26. The lowest BCUT2D eigenvalue weighted by Gasteiger charge is -2.19. The summed E-state index contributed by atoms with van der Waals surface area (Å²) >= 11 is 0. The predicted octanol–water partition coefficient (Wildman–Crippen LogP) is 2.84. The minimum Gasteiger partial charge on any atom is -0.382 e. The fourth-order valence-electron chi connectivity index (χ4n) is 2.69. The van der Waals surface area contributed by atoms with E-state index in [0.717, 1.165) is 16.8 Å². The molecule has 0 bridgehead atoms. The Labute approximate surface area is 152 Å². The van der Waals surface area contributed by atoms with Crippen LogP contribution in [0.15, 0.2) is 41.2 Å². The van der Waals surface area contributed by atoms with Crippen LogP contribution in [0.3, 0.4) is 0 Å². The predicted molar refractivity (Wildman–Crippen MR) is 95.5 cm³/mol. The minimum atomic E-state index is -0.821. The van der Waals surface area contributed by atoms with Gasteiger partial charge in [-0.2, -0.15) is 0 Å². The van der Waals surface area contributed by atoms with Crippen molar-refractivity contribution in [3.63, 3.8) is 0 Å². The normalized spacial score (nSPS) is 13.1. The van der Waals surface area contributed by atoms with Crippen LogP contribution in [0, 0.1) is 0 Å². The number of benzene rings is 1. The third-order valence-corrected chi connectivity index (χ3v) is 4.27. The second-order valence-electron chi connectivity index (χ2n) is 7.34. The average molecular weight is 356 g/mol. The maximum absolute atomic E-state index is 10.6. The van der Waals surface area contributed by atoms with E-state index in [1.54, 1.807) is 24.3 Å². The van der Waals surface area contributed by atoms with Gasteiger partial charge in [-0.25, -0.2) is 4.68 Å². The lowest BCUT2D eigenvalue weighted by molar-refractivity contribution is 0.176. The zero-order chi connectivity index (χ0) is 18.7. The Morgan fingerprint density at radius 2 is 1.96 bits per heavy atom. The Balaban J connectivity index is 1.73. The summed E-state index contributed by atoms with van der Waals surface area (Å²) in [5.41, 5.74) is 4.17. The molecule has 26 heavy (non-hydrogen) atoms. The zero-order valence-corrected chi connectivity index (χ0v) is 15.5. The Morgan fingerprint density at radius 3 is 2.62 bits per heavy atom. The van der Waals surface area contributed by atoms with Gasteiger partial charge in [0.05, 0.1) is 19.3 Å². The molecule has 0 radical (unpaired) electrons. The highest BCUT2D eigenvalue weighted by atomic mass is 16.5. The van der Waals surface area contributed by atoms with E-state index in [1.165, 1.54) is 5.56 Å². The maximum Gasteiger partial charge on any atom is 0.129 e. The van der Waals surface area contributed by atoms with E-state index < -0.39 is 6.10 Å². The molecule has 0 aliphatic heterocycles. The number of hydrogen-bond acceptors (Lipinski definition) is 6. The molecule has 3 aromatic rings. The fourth-order valence-corrected chi connectivity index (χ4v) is 2.69. The van der Waals surface area contributed by atoms with Crippen LogP contribution in [-0.4, -0.2) is 32.4 Å². The summed E-state index contributed by atoms with van der Waals surface area (Å²) in [6, 6.07) is 7.94. The summed E-state index contributed by atoms with van der Waals surface area (Å²) in [7, 11) is 1.60. The zero-order valence-electron chi connectivity index (χ0n) is 15.5. The second kappa shape index (κ2) is 7.39. The van der Waals surface area contributed by atoms with Crippen LogP contribution in [0.5, 0.6) is 0 Å². The highest BCUT2D eigenvalue weighted by Gasteiger charge is 2.18. The van der Waals surface area contributed by atoms with Crippen molar-refractivity contribution in [3.8, 4) is 0 Å². The smallest absolute Gasteiger partial charge is 0.129 e. The summed E-state index contributed by atoms with van der Waals surface area (Å²) < 4.78 is 11.7. The molecule has 2 aromatic heterocycles. The Hall–Kier alpha value is -2.51. The molecule has 7 heteroatoms. The van der Waals surface area contributed by atoms with Gasteiger partial charge < -0.3 is 14.4 Å². The molecule has 0 saturated heterocycles. The van der Waals surface area contributed by atoms with Crippen LogP contribution in [0.2, 0.25) is 0 Å². The number of aliphatic hydroxyl groups excluding tert-OH is 1. The number of methoxy groups -OCH3 is 1. The van der Waals surface area contributed by atoms with E-state index >= 15 is 0 Å². The van der Waals surface area contributed by atoms with E-state index in [2.05, 4.69) is 36.2 Å². The standard InChI is InChI=1S/C19H24N4O3/c1-19(2,3)15-7-5-13(6-8-15)18(24)16-10-23(22-20-16)9-14-11-26-21-17(14)12-25-4/h5-8,10-11,18,24H,9,12H2,1-4H3. The summed E-state index contributed by atoms with van der Waals surface area (Å²) in [5, 5.41) is 22.7. The van der Waals surface area contributed by atoms with Gasteiger partial charge in [0.1, 0.15) is 23.8 Å². The summed E-state index contributed by atoms with van der Waals surface area (Å²) in [6.45, 7) is 7.30. The van der Waals surface area contributed by atoms with Gasteiger partial charge in [-0.1, -0.05) is 55.4 Å². The number of hydrogen-bond donors (Lipinski definition) is 1. The first-order valence-corrected chi connectivity index (χ1v) is 8.48. The molecule has 1 N–H and O–H groups in total. The van der Waals surface area contributed by atoms with E-state index in [-0.39, 0.29) is 5.41 Å². The van der Waals surface area contributed by atoms with Crippen molar-refractivity contribution >= 4 is 0 Å². The summed E-state index contributed by atoms with van der Waals surface area (Å²) in [4.78, 5) is 0. The van der Waals surface area contributed by atoms with Crippen molar-refractivity contribution < 1.29 is 14.4 Å². The van der Waals surface area contributed by atoms with Crippen molar-refractivity contribution in [2.45, 2.75) is 45.4 Å². The second-order valence-corrected chi connectivity index (χ2v) is 7.34. The van der Waals surface area contributed by atoms with Crippen molar-refractivity contribution in [1.82, 2.24) is 20.2 Å². The van der Waals surface area contributed by atoms with Gasteiger partial charge in [-0.3, -0.25) is 0 Å². The molecule has 0 fully saturated rings. The van der Waals surface area contributed by atoms with Crippen LogP contribution < -0.4 is 0 Å². The topological polar surface area (TPSA) is 86.2 Å². The SMILES string of the molecule is COCc1nocc1Cn1cc(C(O)c2ccc(C(C)(C)C)cc2)nn1. The Bertz CT molecular complexity index is 846. The van der Waals surface area contributed by atoms with Crippen LogP contribution in [0.1, 0.15) is 55.0 Å². The number of ether oxygens (including phenoxy) is 1. The molecule has 1 atom stereocenters. The molecule has 0 saturated carbocycles. The molecule has 138 valence electrons. The van der Waals surface area contributed by atoms with E-state index in [4.69, 9.17) is 9.26 Å². The van der Waals surface area contributed by atoms with Gasteiger partial charge in [0.2, 0.25) is 0 Å². The third kappa shape index (κ3) is 4.00. The summed E-state index contributed by atoms with van der Waals surface area (Å²) in [6.07, 6.45) is 2.47. The Morgan fingerprint density at radius 1 is 1.23 bits per heavy atom. The lowest BCUT2D eigenvalue weighted by Crippen LogP contribution is -2.11. The molecule has 3 rings (SSSR count). The molecular weight excluding hydrogens is 332 g/mol. The van der Waals surface area contributed by atoms with Crippen LogP contribution in [-0.2, 0) is 23.3 Å². The van der Waals surface area contributed by atoms with Crippen molar-refractivity contribution in [2.24, 2.45) is 0 Å². The van der Waals surface area contributed by atoms with Gasteiger partial charge in [-0.05, 0) is 16.5 Å². The molecular formula is C19H24N4O3. The fraction of sp³-hybridized carbons (Fsp3) is 0.421. The molecule has 1 aromatic carbocycles. The first kappa shape index (κ1) is 18.3. The third-order valence-electron chi connectivity index (χ3n) is 4.27. The monoisotopic (exact) mass is 356 g/mol. The van der Waals surface area contributed by atoms with Gasteiger partial charge in [0.15, 0.2) is 0 Å². The molecule has 0 amide bonds. The lowest BCUT2D eigenvalue weighted by atomic mass is 9.86. The quantitative estimate of drug-likeness (QED) is 0.731. The minimum absolute atomic E-state index is 0.0746. The van der Waals surface area contributed by atoms with Gasteiger partial charge in [-0.15, -0.1) is 5.10 Å². The highest BCUT2D eigenvalue weighted by molar-refractivity contribution is 5.31. The number of rotatable bonds is 6. The van der Waals surface area contributed by atoms with E-state index in [0.29, 0.717) is 18.8 Å². The van der Waals surface area contributed by atoms with Crippen molar-refractivity contribution in [3.05, 3.63) is 64.8 Å². The van der Waals surface area contributed by atoms with Crippen LogP contribution >= 0.6 is 0 Å².